The van der Waals surface area contributed by atoms with E-state index in [-0.39, 0.29) is 11.5 Å². The van der Waals surface area contributed by atoms with E-state index in [2.05, 4.69) is 25.9 Å². The normalized spacial score (nSPS) is 12.2. The van der Waals surface area contributed by atoms with Crippen molar-refractivity contribution >= 4 is 15.9 Å². The zero-order valence-electron chi connectivity index (χ0n) is 10.9. The van der Waals surface area contributed by atoms with Crippen LogP contribution in [0.25, 0.3) is 0 Å². The molecule has 0 radical (unpaired) electrons. The van der Waals surface area contributed by atoms with E-state index < -0.39 is 5.60 Å². The van der Waals surface area contributed by atoms with Crippen molar-refractivity contribution in [2.75, 3.05) is 6.61 Å². The molecule has 0 saturated carbocycles. The first-order valence-corrected chi connectivity index (χ1v) is 6.53. The highest BCUT2D eigenvalue weighted by molar-refractivity contribution is 9.10. The Kier molecular flexibility index (Phi) is 4.49. The molecule has 1 heterocycles. The topological polar surface area (TPSA) is 55.0 Å². The van der Waals surface area contributed by atoms with Gasteiger partial charge in [-0.05, 0) is 42.6 Å². The number of hydrogen-bond acceptors (Lipinski definition) is 3. The van der Waals surface area contributed by atoms with Gasteiger partial charge in [-0.3, -0.25) is 4.79 Å². The van der Waals surface area contributed by atoms with Gasteiger partial charge in [0.05, 0.1) is 5.69 Å². The van der Waals surface area contributed by atoms with Crippen molar-refractivity contribution in [3.8, 4) is 0 Å². The van der Waals surface area contributed by atoms with Gasteiger partial charge in [0, 0.05) is 6.61 Å². The molecule has 0 atom stereocenters. The van der Waals surface area contributed by atoms with E-state index in [1.54, 1.807) is 0 Å². The Morgan fingerprint density at radius 2 is 2.06 bits per heavy atom. The Labute approximate surface area is 110 Å². The summed E-state index contributed by atoms with van der Waals surface area (Å²) in [7, 11) is 0. The molecule has 0 aliphatic carbocycles. The number of nitrogens with one attached hydrogen (secondary N) is 1. The molecule has 0 aliphatic heterocycles. The average Bonchev–Trinajstić information content (AvgIpc) is 2.21. The summed E-state index contributed by atoms with van der Waals surface area (Å²) in [4.78, 5) is 19.1. The molecule has 17 heavy (non-hydrogen) atoms. The summed E-state index contributed by atoms with van der Waals surface area (Å²) in [6.45, 7) is 10.3. The smallest absolute Gasteiger partial charge is 0.265 e. The van der Waals surface area contributed by atoms with Crippen molar-refractivity contribution in [1.82, 2.24) is 9.97 Å². The summed E-state index contributed by atoms with van der Waals surface area (Å²) in [5.74, 6) is 0.749. The molecule has 0 fully saturated rings. The third kappa shape index (κ3) is 3.16. The summed E-state index contributed by atoms with van der Waals surface area (Å²) in [5, 5.41) is 0. The molecule has 0 unspecified atom stereocenters. The summed E-state index contributed by atoms with van der Waals surface area (Å²) in [5.41, 5.74) is 0.0149. The summed E-state index contributed by atoms with van der Waals surface area (Å²) in [6.07, 6.45) is 0. The van der Waals surface area contributed by atoms with E-state index >= 15 is 0 Å². The predicted octanol–water partition coefficient (Wildman–Crippen LogP) is 2.93. The maximum Gasteiger partial charge on any atom is 0.265 e. The molecule has 0 spiro atoms. The van der Waals surface area contributed by atoms with Gasteiger partial charge in [0.2, 0.25) is 0 Å². The molecule has 4 nitrogen and oxygen atoms in total. The van der Waals surface area contributed by atoms with Crippen LogP contribution in [0.15, 0.2) is 9.27 Å². The van der Waals surface area contributed by atoms with Crippen LogP contribution in [0.2, 0.25) is 0 Å². The molecule has 1 N–H and O–H groups in total. The fourth-order valence-corrected chi connectivity index (χ4v) is 2.22. The minimum atomic E-state index is -0.585. The molecule has 0 bridgehead atoms. The van der Waals surface area contributed by atoms with E-state index in [9.17, 15) is 4.79 Å². The van der Waals surface area contributed by atoms with Crippen molar-refractivity contribution in [1.29, 1.82) is 0 Å². The third-order valence-corrected chi connectivity index (χ3v) is 3.28. The molecular weight excluding hydrogens is 284 g/mol. The van der Waals surface area contributed by atoms with Gasteiger partial charge in [-0.1, -0.05) is 13.8 Å². The van der Waals surface area contributed by atoms with Crippen molar-refractivity contribution in [3.05, 3.63) is 26.3 Å². The van der Waals surface area contributed by atoms with Crippen LogP contribution in [0.5, 0.6) is 0 Å². The minimum absolute atomic E-state index is 0.161. The van der Waals surface area contributed by atoms with Gasteiger partial charge in [-0.2, -0.15) is 0 Å². The molecule has 1 aromatic rings. The zero-order valence-corrected chi connectivity index (χ0v) is 12.5. The van der Waals surface area contributed by atoms with Crippen LogP contribution in [-0.4, -0.2) is 16.6 Å². The van der Waals surface area contributed by atoms with Gasteiger partial charge in [0.15, 0.2) is 0 Å². The molecule has 1 rings (SSSR count). The van der Waals surface area contributed by atoms with Gasteiger partial charge >= 0.3 is 0 Å². The van der Waals surface area contributed by atoms with Crippen LogP contribution in [0.4, 0.5) is 0 Å². The lowest BCUT2D eigenvalue weighted by molar-refractivity contribution is -0.0212. The molecule has 96 valence electrons. The highest BCUT2D eigenvalue weighted by atomic mass is 79.9. The molecule has 5 heteroatoms. The summed E-state index contributed by atoms with van der Waals surface area (Å²) in [6, 6.07) is 0. The quantitative estimate of drug-likeness (QED) is 0.930. The second-order valence-electron chi connectivity index (χ2n) is 4.71. The third-order valence-electron chi connectivity index (χ3n) is 2.51. The molecule has 0 aliphatic rings. The van der Waals surface area contributed by atoms with Gasteiger partial charge in [-0.15, -0.1) is 0 Å². The first kappa shape index (κ1) is 14.4. The highest BCUT2D eigenvalue weighted by Crippen LogP contribution is 2.24. The SMILES string of the molecule is CCOC(C)(C)c1nc(C(C)C)c(Br)c(=O)[nH]1. The van der Waals surface area contributed by atoms with Gasteiger partial charge in [0.1, 0.15) is 15.9 Å². The predicted molar refractivity (Wildman–Crippen MR) is 71.3 cm³/mol. The van der Waals surface area contributed by atoms with E-state index in [0.717, 1.165) is 5.69 Å². The van der Waals surface area contributed by atoms with Crippen LogP contribution >= 0.6 is 15.9 Å². The van der Waals surface area contributed by atoms with E-state index in [1.807, 2.05) is 34.6 Å². The maximum absolute atomic E-state index is 11.8. The van der Waals surface area contributed by atoms with Crippen molar-refractivity contribution < 1.29 is 4.74 Å². The number of aromatic nitrogens is 2. The summed E-state index contributed by atoms with van der Waals surface area (Å²) >= 11 is 3.27. The van der Waals surface area contributed by atoms with Crippen LogP contribution < -0.4 is 5.56 Å². The number of hydrogen-bond donors (Lipinski definition) is 1. The summed E-state index contributed by atoms with van der Waals surface area (Å²) < 4.78 is 6.10. The standard InChI is InChI=1S/C12H19BrN2O2/c1-6-17-12(4,5)11-14-9(7(2)3)8(13)10(16)15-11/h7H,6H2,1-5H3,(H,14,15,16). The van der Waals surface area contributed by atoms with Crippen LogP contribution in [0.3, 0.4) is 0 Å². The van der Waals surface area contributed by atoms with E-state index in [0.29, 0.717) is 16.9 Å². The zero-order chi connectivity index (χ0) is 13.2. The Morgan fingerprint density at radius 3 is 2.53 bits per heavy atom. The lowest BCUT2D eigenvalue weighted by Crippen LogP contribution is -2.29. The monoisotopic (exact) mass is 302 g/mol. The first-order valence-electron chi connectivity index (χ1n) is 5.73. The van der Waals surface area contributed by atoms with Gasteiger partial charge in [-0.25, -0.2) is 4.98 Å². The van der Waals surface area contributed by atoms with Crippen molar-refractivity contribution in [2.45, 2.75) is 46.1 Å². The lowest BCUT2D eigenvalue weighted by Gasteiger charge is -2.24. The number of halogens is 1. The Hall–Kier alpha value is -0.680. The second kappa shape index (κ2) is 5.31. The fraction of sp³-hybridized carbons (Fsp3) is 0.667. The average molecular weight is 303 g/mol. The van der Waals surface area contributed by atoms with Crippen molar-refractivity contribution in [3.63, 3.8) is 0 Å². The molecule has 1 aromatic heterocycles. The molecule has 0 amide bonds. The fourth-order valence-electron chi connectivity index (χ4n) is 1.57. The maximum atomic E-state index is 11.8. The van der Waals surface area contributed by atoms with Gasteiger partial charge in [0.25, 0.3) is 5.56 Å². The molecular formula is C12H19BrN2O2. The van der Waals surface area contributed by atoms with Crippen molar-refractivity contribution in [2.24, 2.45) is 0 Å². The van der Waals surface area contributed by atoms with Gasteiger partial charge < -0.3 is 9.72 Å². The van der Waals surface area contributed by atoms with Crippen LogP contribution in [0, 0.1) is 0 Å². The number of ether oxygens (including phenoxy) is 1. The van der Waals surface area contributed by atoms with Crippen LogP contribution in [0.1, 0.15) is 52.1 Å². The first-order chi connectivity index (χ1) is 7.79. The Balaban J connectivity index is 3.33. The number of H-pyrrole nitrogens is 1. The number of aromatic amines is 1. The second-order valence-corrected chi connectivity index (χ2v) is 5.50. The Bertz CT molecular complexity index is 452. The molecule has 0 aromatic carbocycles. The van der Waals surface area contributed by atoms with Crippen LogP contribution in [-0.2, 0) is 10.3 Å². The highest BCUT2D eigenvalue weighted by Gasteiger charge is 2.25. The minimum Gasteiger partial charge on any atom is -0.368 e. The number of rotatable bonds is 4. The van der Waals surface area contributed by atoms with E-state index in [1.165, 1.54) is 0 Å². The molecule has 0 saturated heterocycles. The Morgan fingerprint density at radius 1 is 1.47 bits per heavy atom. The lowest BCUT2D eigenvalue weighted by atomic mass is 10.1. The largest absolute Gasteiger partial charge is 0.368 e. The van der Waals surface area contributed by atoms with E-state index in [4.69, 9.17) is 4.74 Å². The number of nitrogens with zero attached hydrogens (tertiary/aromatic N) is 1.